The van der Waals surface area contributed by atoms with Gasteiger partial charge in [-0.05, 0) is 38.6 Å². The predicted octanol–water partition coefficient (Wildman–Crippen LogP) is 2.36. The maximum atomic E-state index is 11.2. The summed E-state index contributed by atoms with van der Waals surface area (Å²) in [6.07, 6.45) is 4.40. The van der Waals surface area contributed by atoms with E-state index < -0.39 is 5.97 Å². The van der Waals surface area contributed by atoms with Crippen LogP contribution in [0.1, 0.15) is 46.5 Å². The fraction of sp³-hybridized carbons (Fsp3) is 0.917. The Morgan fingerprint density at radius 3 is 2.80 bits per heavy atom. The van der Waals surface area contributed by atoms with Crippen molar-refractivity contribution in [1.82, 2.24) is 4.90 Å². The zero-order chi connectivity index (χ0) is 11.4. The largest absolute Gasteiger partial charge is 0.480 e. The van der Waals surface area contributed by atoms with Gasteiger partial charge in [-0.25, -0.2) is 0 Å². The Morgan fingerprint density at radius 1 is 1.60 bits per heavy atom. The monoisotopic (exact) mass is 213 g/mol. The number of hydrogen-bond acceptors (Lipinski definition) is 2. The normalized spacial score (nSPS) is 30.1. The zero-order valence-electron chi connectivity index (χ0n) is 10.1. The number of carboxylic acids is 1. The number of nitrogens with zero attached hydrogens (tertiary/aromatic N) is 1. The van der Waals surface area contributed by atoms with Gasteiger partial charge in [-0.1, -0.05) is 20.3 Å². The molecule has 88 valence electrons. The summed E-state index contributed by atoms with van der Waals surface area (Å²) in [4.78, 5) is 13.4. The average Bonchev–Trinajstić information content (AvgIpc) is 2.17. The number of carbonyl (C=O) groups is 1. The first kappa shape index (κ1) is 12.5. The summed E-state index contributed by atoms with van der Waals surface area (Å²) in [6.45, 7) is 7.31. The van der Waals surface area contributed by atoms with E-state index in [9.17, 15) is 9.90 Å². The molecular weight excluding hydrogens is 190 g/mol. The second kappa shape index (κ2) is 5.50. The summed E-state index contributed by atoms with van der Waals surface area (Å²) >= 11 is 0. The second-order valence-corrected chi connectivity index (χ2v) is 4.78. The summed E-state index contributed by atoms with van der Waals surface area (Å²) in [6, 6.07) is 0.138. The van der Waals surface area contributed by atoms with Crippen molar-refractivity contribution in [2.24, 2.45) is 5.92 Å². The minimum absolute atomic E-state index is 0.264. The van der Waals surface area contributed by atoms with Gasteiger partial charge in [0.1, 0.15) is 6.04 Å². The van der Waals surface area contributed by atoms with Gasteiger partial charge in [0.25, 0.3) is 0 Å². The first-order chi connectivity index (χ1) is 7.07. The van der Waals surface area contributed by atoms with E-state index in [1.54, 1.807) is 0 Å². The van der Waals surface area contributed by atoms with E-state index in [1.807, 2.05) is 0 Å². The minimum Gasteiger partial charge on any atom is -0.480 e. The van der Waals surface area contributed by atoms with Crippen molar-refractivity contribution in [2.75, 3.05) is 6.54 Å². The van der Waals surface area contributed by atoms with Gasteiger partial charge in [0, 0.05) is 6.04 Å². The molecular formula is C12H23NO2. The fourth-order valence-electron chi connectivity index (χ4n) is 2.68. The molecule has 1 rings (SSSR count). The van der Waals surface area contributed by atoms with Gasteiger partial charge < -0.3 is 5.11 Å². The third-order valence-corrected chi connectivity index (χ3v) is 3.50. The Labute approximate surface area is 92.5 Å². The molecule has 3 nitrogen and oxygen atoms in total. The summed E-state index contributed by atoms with van der Waals surface area (Å²) in [5.41, 5.74) is 0. The van der Waals surface area contributed by atoms with Crippen LogP contribution < -0.4 is 0 Å². The molecule has 0 amide bonds. The van der Waals surface area contributed by atoms with Crippen molar-refractivity contribution >= 4 is 5.97 Å². The highest BCUT2D eigenvalue weighted by Crippen LogP contribution is 2.26. The summed E-state index contributed by atoms with van der Waals surface area (Å²) in [5.74, 6) is -0.360. The second-order valence-electron chi connectivity index (χ2n) is 4.78. The molecule has 0 aromatic rings. The van der Waals surface area contributed by atoms with Gasteiger partial charge in [-0.3, -0.25) is 9.69 Å². The molecule has 0 radical (unpaired) electrons. The fourth-order valence-corrected chi connectivity index (χ4v) is 2.68. The van der Waals surface area contributed by atoms with Crippen LogP contribution in [0.25, 0.3) is 0 Å². The van der Waals surface area contributed by atoms with Crippen molar-refractivity contribution in [1.29, 1.82) is 0 Å². The van der Waals surface area contributed by atoms with Gasteiger partial charge in [-0.2, -0.15) is 0 Å². The SMILES string of the molecule is CCCC(C)N1CCCC(C)C1C(=O)O. The summed E-state index contributed by atoms with van der Waals surface area (Å²) in [5, 5.41) is 9.25. The molecule has 15 heavy (non-hydrogen) atoms. The van der Waals surface area contributed by atoms with Gasteiger partial charge in [0.15, 0.2) is 0 Å². The Balaban J connectivity index is 2.70. The van der Waals surface area contributed by atoms with E-state index >= 15 is 0 Å². The lowest BCUT2D eigenvalue weighted by molar-refractivity contribution is -0.148. The zero-order valence-corrected chi connectivity index (χ0v) is 10.1. The lowest BCUT2D eigenvalue weighted by Crippen LogP contribution is -2.52. The van der Waals surface area contributed by atoms with Gasteiger partial charge >= 0.3 is 5.97 Å². The van der Waals surface area contributed by atoms with Crippen LogP contribution in [0.3, 0.4) is 0 Å². The number of likely N-dealkylation sites (tertiary alicyclic amines) is 1. The van der Waals surface area contributed by atoms with Crippen molar-refractivity contribution < 1.29 is 9.90 Å². The Kier molecular flexibility index (Phi) is 4.58. The molecule has 0 bridgehead atoms. The molecule has 1 heterocycles. The topological polar surface area (TPSA) is 40.5 Å². The number of piperidine rings is 1. The quantitative estimate of drug-likeness (QED) is 0.779. The Bertz CT molecular complexity index is 218. The van der Waals surface area contributed by atoms with Crippen LogP contribution in [-0.2, 0) is 4.79 Å². The van der Waals surface area contributed by atoms with Gasteiger partial charge in [-0.15, -0.1) is 0 Å². The highest BCUT2D eigenvalue weighted by molar-refractivity contribution is 5.74. The number of carboxylic acid groups (broad SMARTS) is 1. The van der Waals surface area contributed by atoms with E-state index in [0.717, 1.165) is 32.2 Å². The molecule has 0 spiro atoms. The Morgan fingerprint density at radius 2 is 2.27 bits per heavy atom. The van der Waals surface area contributed by atoms with Crippen LogP contribution in [0.4, 0.5) is 0 Å². The molecule has 1 saturated heterocycles. The molecule has 1 N–H and O–H groups in total. The molecule has 3 unspecified atom stereocenters. The lowest BCUT2D eigenvalue weighted by Gasteiger charge is -2.41. The number of hydrogen-bond donors (Lipinski definition) is 1. The lowest BCUT2D eigenvalue weighted by atomic mass is 9.89. The molecule has 3 atom stereocenters. The molecule has 0 aromatic carbocycles. The maximum absolute atomic E-state index is 11.2. The smallest absolute Gasteiger partial charge is 0.321 e. The van der Waals surface area contributed by atoms with Crippen LogP contribution in [-0.4, -0.2) is 34.6 Å². The van der Waals surface area contributed by atoms with Crippen molar-refractivity contribution in [3.8, 4) is 0 Å². The van der Waals surface area contributed by atoms with E-state index in [4.69, 9.17) is 0 Å². The van der Waals surface area contributed by atoms with Gasteiger partial charge in [0.2, 0.25) is 0 Å². The van der Waals surface area contributed by atoms with Crippen molar-refractivity contribution in [3.05, 3.63) is 0 Å². The van der Waals surface area contributed by atoms with Crippen LogP contribution in [0.5, 0.6) is 0 Å². The summed E-state index contributed by atoms with van der Waals surface area (Å²) in [7, 11) is 0. The minimum atomic E-state index is -0.648. The van der Waals surface area contributed by atoms with Crippen LogP contribution in [0.15, 0.2) is 0 Å². The molecule has 1 aliphatic heterocycles. The first-order valence-corrected chi connectivity index (χ1v) is 6.06. The van der Waals surface area contributed by atoms with Gasteiger partial charge in [0.05, 0.1) is 0 Å². The highest BCUT2D eigenvalue weighted by Gasteiger charge is 2.36. The average molecular weight is 213 g/mol. The molecule has 3 heteroatoms. The Hall–Kier alpha value is -0.570. The number of rotatable bonds is 4. The van der Waals surface area contributed by atoms with Crippen LogP contribution >= 0.6 is 0 Å². The molecule has 0 aromatic heterocycles. The molecule has 1 fully saturated rings. The number of aliphatic carboxylic acids is 1. The van der Waals surface area contributed by atoms with E-state index in [1.165, 1.54) is 0 Å². The third-order valence-electron chi connectivity index (χ3n) is 3.50. The van der Waals surface area contributed by atoms with E-state index in [0.29, 0.717) is 6.04 Å². The molecule has 1 aliphatic rings. The highest BCUT2D eigenvalue weighted by atomic mass is 16.4. The molecule has 0 aliphatic carbocycles. The standard InChI is InChI=1S/C12H23NO2/c1-4-6-10(3)13-8-5-7-9(2)11(13)12(14)15/h9-11H,4-8H2,1-3H3,(H,14,15). The summed E-state index contributed by atoms with van der Waals surface area (Å²) < 4.78 is 0. The first-order valence-electron chi connectivity index (χ1n) is 6.06. The van der Waals surface area contributed by atoms with Crippen molar-refractivity contribution in [2.45, 2.75) is 58.5 Å². The van der Waals surface area contributed by atoms with Crippen LogP contribution in [0, 0.1) is 5.92 Å². The maximum Gasteiger partial charge on any atom is 0.321 e. The third kappa shape index (κ3) is 2.94. The van der Waals surface area contributed by atoms with Crippen molar-refractivity contribution in [3.63, 3.8) is 0 Å². The predicted molar refractivity (Wildman–Crippen MR) is 60.9 cm³/mol. The van der Waals surface area contributed by atoms with Crippen LogP contribution in [0.2, 0.25) is 0 Å². The molecule has 0 saturated carbocycles. The van der Waals surface area contributed by atoms with E-state index in [2.05, 4.69) is 25.7 Å². The van der Waals surface area contributed by atoms with E-state index in [-0.39, 0.29) is 12.0 Å².